The zero-order valence-electron chi connectivity index (χ0n) is 9.53. The van der Waals surface area contributed by atoms with Gasteiger partial charge >= 0.3 is 0 Å². The molecule has 1 amide bonds. The third-order valence-corrected chi connectivity index (χ3v) is 2.76. The monoisotopic (exact) mass is 240 g/mol. The Labute approximate surface area is 99.3 Å². The second kappa shape index (κ2) is 7.14. The van der Waals surface area contributed by atoms with Crippen molar-refractivity contribution in [1.29, 1.82) is 0 Å². The van der Waals surface area contributed by atoms with Gasteiger partial charge in [-0.3, -0.25) is 4.79 Å². The Morgan fingerprint density at radius 2 is 2.44 bits per heavy atom. The van der Waals surface area contributed by atoms with Crippen molar-refractivity contribution < 1.29 is 9.53 Å². The molecule has 0 spiro atoms. The summed E-state index contributed by atoms with van der Waals surface area (Å²) in [7, 11) is 0. The van der Waals surface area contributed by atoms with Gasteiger partial charge in [-0.25, -0.2) is 5.43 Å². The van der Waals surface area contributed by atoms with Crippen molar-refractivity contribution in [3.05, 3.63) is 21.9 Å². The minimum Gasteiger partial charge on any atom is -0.381 e. The lowest BCUT2D eigenvalue weighted by molar-refractivity contribution is -0.122. The second-order valence-corrected chi connectivity index (χ2v) is 4.51. The van der Waals surface area contributed by atoms with Gasteiger partial charge in [-0.2, -0.15) is 5.10 Å². The zero-order chi connectivity index (χ0) is 11.8. The van der Waals surface area contributed by atoms with E-state index in [0.29, 0.717) is 19.6 Å². The lowest BCUT2D eigenvalue weighted by Gasteiger charge is -1.99. The summed E-state index contributed by atoms with van der Waals surface area (Å²) in [5, 5.41) is 3.86. The second-order valence-electron chi connectivity index (χ2n) is 3.19. The number of aryl methyl sites for hydroxylation is 1. The van der Waals surface area contributed by atoms with Crippen LogP contribution in [0.1, 0.15) is 23.1 Å². The van der Waals surface area contributed by atoms with Crippen molar-refractivity contribution in [3.8, 4) is 0 Å². The molecule has 88 valence electrons. The molecule has 0 aliphatic heterocycles. The first-order valence-corrected chi connectivity index (χ1v) is 6.00. The van der Waals surface area contributed by atoms with Gasteiger partial charge in [-0.05, 0) is 26.0 Å². The van der Waals surface area contributed by atoms with Crippen LogP contribution < -0.4 is 5.43 Å². The maximum atomic E-state index is 11.2. The number of thiophene rings is 1. The SMILES string of the molecule is CCOCCC(=O)N/N=C/c1ccc(C)s1. The van der Waals surface area contributed by atoms with E-state index in [9.17, 15) is 4.79 Å². The number of rotatable bonds is 6. The maximum absolute atomic E-state index is 11.2. The molecule has 0 radical (unpaired) electrons. The van der Waals surface area contributed by atoms with Gasteiger partial charge in [0.1, 0.15) is 0 Å². The van der Waals surface area contributed by atoms with Crippen molar-refractivity contribution in [3.63, 3.8) is 0 Å². The van der Waals surface area contributed by atoms with Gasteiger partial charge in [0.2, 0.25) is 5.91 Å². The minimum absolute atomic E-state index is 0.127. The smallest absolute Gasteiger partial charge is 0.242 e. The molecule has 4 nitrogen and oxygen atoms in total. The van der Waals surface area contributed by atoms with E-state index >= 15 is 0 Å². The van der Waals surface area contributed by atoms with E-state index < -0.39 is 0 Å². The minimum atomic E-state index is -0.127. The van der Waals surface area contributed by atoms with Gasteiger partial charge in [0.25, 0.3) is 0 Å². The fourth-order valence-electron chi connectivity index (χ4n) is 1.06. The highest BCUT2D eigenvalue weighted by atomic mass is 32.1. The largest absolute Gasteiger partial charge is 0.381 e. The van der Waals surface area contributed by atoms with E-state index in [4.69, 9.17) is 4.74 Å². The molecule has 0 saturated carbocycles. The Balaban J connectivity index is 2.23. The molecule has 0 unspecified atom stereocenters. The Morgan fingerprint density at radius 3 is 3.06 bits per heavy atom. The van der Waals surface area contributed by atoms with Crippen molar-refractivity contribution in [2.45, 2.75) is 20.3 Å². The van der Waals surface area contributed by atoms with Gasteiger partial charge in [0, 0.05) is 16.4 Å². The lowest BCUT2D eigenvalue weighted by atomic mass is 10.4. The average Bonchev–Trinajstić information content (AvgIpc) is 2.65. The fraction of sp³-hybridized carbons (Fsp3) is 0.455. The van der Waals surface area contributed by atoms with Crippen LogP contribution in [-0.4, -0.2) is 25.3 Å². The van der Waals surface area contributed by atoms with Crippen LogP contribution in [0.4, 0.5) is 0 Å². The third-order valence-electron chi connectivity index (χ3n) is 1.82. The molecule has 1 rings (SSSR count). The number of nitrogens with zero attached hydrogens (tertiary/aromatic N) is 1. The molecule has 0 bridgehead atoms. The Morgan fingerprint density at radius 1 is 1.62 bits per heavy atom. The summed E-state index contributed by atoms with van der Waals surface area (Å²) in [4.78, 5) is 13.5. The highest BCUT2D eigenvalue weighted by Gasteiger charge is 1.98. The Kier molecular flexibility index (Phi) is 5.74. The summed E-state index contributed by atoms with van der Waals surface area (Å²) in [5.74, 6) is -0.127. The predicted octanol–water partition coefficient (Wildman–Crippen LogP) is 1.93. The molecule has 0 saturated heterocycles. The third kappa shape index (κ3) is 5.04. The molecular formula is C11H16N2O2S. The molecule has 1 N–H and O–H groups in total. The lowest BCUT2D eigenvalue weighted by Crippen LogP contribution is -2.19. The molecule has 0 atom stereocenters. The molecule has 0 fully saturated rings. The van der Waals surface area contributed by atoms with Gasteiger partial charge in [-0.15, -0.1) is 11.3 Å². The average molecular weight is 240 g/mol. The molecule has 5 heteroatoms. The molecule has 0 aliphatic rings. The first-order valence-electron chi connectivity index (χ1n) is 5.18. The van der Waals surface area contributed by atoms with Crippen LogP contribution in [0.3, 0.4) is 0 Å². The number of ether oxygens (including phenoxy) is 1. The van der Waals surface area contributed by atoms with E-state index in [1.165, 1.54) is 4.88 Å². The molecule has 0 aliphatic carbocycles. The Hall–Kier alpha value is -1.20. The first-order chi connectivity index (χ1) is 7.72. The molecular weight excluding hydrogens is 224 g/mol. The van der Waals surface area contributed by atoms with Gasteiger partial charge in [0.15, 0.2) is 0 Å². The summed E-state index contributed by atoms with van der Waals surface area (Å²) in [6.07, 6.45) is 1.99. The maximum Gasteiger partial charge on any atom is 0.242 e. The van der Waals surface area contributed by atoms with Gasteiger partial charge in [0.05, 0.1) is 19.2 Å². The summed E-state index contributed by atoms with van der Waals surface area (Å²) >= 11 is 1.64. The van der Waals surface area contributed by atoms with Crippen molar-refractivity contribution in [2.75, 3.05) is 13.2 Å². The predicted molar refractivity (Wildman–Crippen MR) is 65.9 cm³/mol. The first kappa shape index (κ1) is 12.9. The number of amides is 1. The quantitative estimate of drug-likeness (QED) is 0.469. The Bertz CT molecular complexity index is 361. The van der Waals surface area contributed by atoms with E-state index in [-0.39, 0.29) is 5.91 Å². The summed E-state index contributed by atoms with van der Waals surface area (Å²) in [5.41, 5.74) is 2.46. The van der Waals surface area contributed by atoms with Crippen molar-refractivity contribution in [1.82, 2.24) is 5.43 Å². The van der Waals surface area contributed by atoms with Crippen molar-refractivity contribution >= 4 is 23.5 Å². The van der Waals surface area contributed by atoms with E-state index in [1.54, 1.807) is 17.6 Å². The molecule has 1 aromatic rings. The zero-order valence-corrected chi connectivity index (χ0v) is 10.3. The molecule has 0 aromatic carbocycles. The number of hydrogen-bond acceptors (Lipinski definition) is 4. The number of hydrogen-bond donors (Lipinski definition) is 1. The van der Waals surface area contributed by atoms with Crippen LogP contribution in [-0.2, 0) is 9.53 Å². The molecule has 1 heterocycles. The normalized spacial score (nSPS) is 10.9. The summed E-state index contributed by atoms with van der Waals surface area (Å²) in [6, 6.07) is 3.98. The van der Waals surface area contributed by atoms with Crippen molar-refractivity contribution in [2.24, 2.45) is 5.10 Å². The van der Waals surface area contributed by atoms with E-state index in [1.807, 2.05) is 26.0 Å². The topological polar surface area (TPSA) is 50.7 Å². The highest BCUT2D eigenvalue weighted by molar-refractivity contribution is 7.13. The van der Waals surface area contributed by atoms with E-state index in [0.717, 1.165) is 4.88 Å². The molecule has 1 aromatic heterocycles. The van der Waals surface area contributed by atoms with Crippen LogP contribution >= 0.6 is 11.3 Å². The van der Waals surface area contributed by atoms with Crippen LogP contribution in [0.25, 0.3) is 0 Å². The van der Waals surface area contributed by atoms with E-state index in [2.05, 4.69) is 10.5 Å². The highest BCUT2D eigenvalue weighted by Crippen LogP contribution is 2.12. The van der Waals surface area contributed by atoms with Crippen LogP contribution in [0, 0.1) is 6.92 Å². The number of carbonyl (C=O) groups excluding carboxylic acids is 1. The fourth-order valence-corrected chi connectivity index (χ4v) is 1.81. The number of hydrazone groups is 1. The van der Waals surface area contributed by atoms with Gasteiger partial charge < -0.3 is 4.74 Å². The summed E-state index contributed by atoms with van der Waals surface area (Å²) < 4.78 is 5.06. The van der Waals surface area contributed by atoms with Crippen LogP contribution in [0.5, 0.6) is 0 Å². The molecule has 16 heavy (non-hydrogen) atoms. The van der Waals surface area contributed by atoms with Crippen LogP contribution in [0.2, 0.25) is 0 Å². The number of nitrogens with one attached hydrogen (secondary N) is 1. The number of carbonyl (C=O) groups is 1. The van der Waals surface area contributed by atoms with Gasteiger partial charge in [-0.1, -0.05) is 0 Å². The van der Waals surface area contributed by atoms with Crippen LogP contribution in [0.15, 0.2) is 17.2 Å². The summed E-state index contributed by atoms with van der Waals surface area (Å²) in [6.45, 7) is 5.00. The standard InChI is InChI=1S/C11H16N2O2S/c1-3-15-7-6-11(14)13-12-8-10-5-4-9(2)16-10/h4-5,8H,3,6-7H2,1-2H3,(H,13,14)/b12-8+.